The van der Waals surface area contributed by atoms with Gasteiger partial charge in [-0.3, -0.25) is 19.5 Å². The van der Waals surface area contributed by atoms with Crippen molar-refractivity contribution >= 4 is 60.2 Å². The number of anilines is 1. The number of nitrogens with one attached hydrogen (secondary N) is 1. The van der Waals surface area contributed by atoms with E-state index in [-0.39, 0.29) is 27.6 Å². The molecule has 0 bridgehead atoms. The number of carbonyl (C=O) groups is 1. The Balaban J connectivity index is 1.66. The van der Waals surface area contributed by atoms with Crippen LogP contribution in [0.15, 0.2) is 82.4 Å². The van der Waals surface area contributed by atoms with Crippen molar-refractivity contribution in [2.75, 3.05) is 11.8 Å². The molecule has 1 N–H and O–H groups in total. The number of benzene rings is 3. The van der Waals surface area contributed by atoms with Gasteiger partial charge in [-0.2, -0.15) is 0 Å². The Morgan fingerprint density at radius 1 is 1.06 bits per heavy atom. The molecule has 0 unspecified atom stereocenters. The first kappa shape index (κ1) is 23.2. The molecule has 0 radical (unpaired) electrons. The Morgan fingerprint density at radius 3 is 2.55 bits per heavy atom. The van der Waals surface area contributed by atoms with Crippen molar-refractivity contribution in [3.63, 3.8) is 0 Å². The summed E-state index contributed by atoms with van der Waals surface area (Å²) in [5.41, 5.74) is 1.95. The van der Waals surface area contributed by atoms with Gasteiger partial charge in [-0.25, -0.2) is 8.42 Å². The van der Waals surface area contributed by atoms with Crippen molar-refractivity contribution in [2.45, 2.75) is 11.4 Å². The van der Waals surface area contributed by atoms with E-state index in [4.69, 9.17) is 11.6 Å². The van der Waals surface area contributed by atoms with Crippen LogP contribution in [0.2, 0.25) is 5.02 Å². The maximum absolute atomic E-state index is 13.3. The smallest absolute Gasteiger partial charge is 0.264 e. The van der Waals surface area contributed by atoms with E-state index >= 15 is 0 Å². The van der Waals surface area contributed by atoms with Crippen LogP contribution in [0.3, 0.4) is 0 Å². The third kappa shape index (κ3) is 5.16. The quantitative estimate of drug-likeness (QED) is 0.363. The number of amides is 1. The minimum Gasteiger partial charge on any atom is -0.337 e. The summed E-state index contributed by atoms with van der Waals surface area (Å²) in [5.74, 6) is -0.340. The molecule has 168 valence electrons. The summed E-state index contributed by atoms with van der Waals surface area (Å²) in [6.45, 7) is 0.331. The molecule has 0 fully saturated rings. The van der Waals surface area contributed by atoms with Crippen LogP contribution in [0, 0.1) is 0 Å². The zero-order chi connectivity index (χ0) is 23.6. The summed E-state index contributed by atoms with van der Waals surface area (Å²) < 4.78 is 29.7. The zero-order valence-electron chi connectivity index (χ0n) is 17.4. The number of fused-ring (bicyclic) bond motifs is 1. The van der Waals surface area contributed by atoms with E-state index in [0.29, 0.717) is 21.6 Å². The SMILES string of the molecule is CN(Cc1ccc(Cl)cc1)C(=O)c1ccc(Br)cc1NS(=O)(=O)c1cccc2nccnc12. The minimum atomic E-state index is -4.06. The number of para-hydroxylation sites is 1. The summed E-state index contributed by atoms with van der Waals surface area (Å²) in [6, 6.07) is 16.7. The van der Waals surface area contributed by atoms with E-state index in [1.165, 1.54) is 23.4 Å². The largest absolute Gasteiger partial charge is 0.337 e. The molecule has 33 heavy (non-hydrogen) atoms. The predicted octanol–water partition coefficient (Wildman–Crippen LogP) is 5.12. The number of hydrogen-bond acceptors (Lipinski definition) is 5. The lowest BCUT2D eigenvalue weighted by molar-refractivity contribution is 0.0786. The second-order valence-electron chi connectivity index (χ2n) is 7.26. The van der Waals surface area contributed by atoms with Gasteiger partial charge in [-0.1, -0.05) is 45.7 Å². The van der Waals surface area contributed by atoms with Crippen LogP contribution in [0.1, 0.15) is 15.9 Å². The van der Waals surface area contributed by atoms with Crippen LogP contribution < -0.4 is 4.72 Å². The maximum Gasteiger partial charge on any atom is 0.264 e. The second-order valence-corrected chi connectivity index (χ2v) is 10.3. The van der Waals surface area contributed by atoms with Crippen LogP contribution in [0.25, 0.3) is 11.0 Å². The fourth-order valence-electron chi connectivity index (χ4n) is 3.31. The molecule has 1 aromatic heterocycles. The van der Waals surface area contributed by atoms with E-state index in [9.17, 15) is 13.2 Å². The average Bonchev–Trinajstić information content (AvgIpc) is 2.79. The fraction of sp³-hybridized carbons (Fsp3) is 0.0870. The topological polar surface area (TPSA) is 92.3 Å². The van der Waals surface area contributed by atoms with Gasteiger partial charge in [0, 0.05) is 35.5 Å². The Bertz CT molecular complexity index is 1440. The molecule has 7 nitrogen and oxygen atoms in total. The van der Waals surface area contributed by atoms with Crippen LogP contribution in [0.5, 0.6) is 0 Å². The molecule has 0 saturated heterocycles. The first-order valence-electron chi connectivity index (χ1n) is 9.76. The molecule has 10 heteroatoms. The van der Waals surface area contributed by atoms with Crippen molar-refractivity contribution in [2.24, 2.45) is 0 Å². The van der Waals surface area contributed by atoms with Gasteiger partial charge >= 0.3 is 0 Å². The molecule has 0 spiro atoms. The average molecular weight is 546 g/mol. The van der Waals surface area contributed by atoms with Gasteiger partial charge in [0.25, 0.3) is 15.9 Å². The molecule has 0 aliphatic heterocycles. The third-order valence-corrected chi connectivity index (χ3v) is 7.03. The molecular formula is C23H18BrClN4O3S. The molecule has 4 aromatic rings. The van der Waals surface area contributed by atoms with Crippen LogP contribution in [-0.4, -0.2) is 36.2 Å². The summed E-state index contributed by atoms with van der Waals surface area (Å²) >= 11 is 9.28. The number of carbonyl (C=O) groups excluding carboxylic acids is 1. The van der Waals surface area contributed by atoms with Crippen molar-refractivity contribution in [1.29, 1.82) is 0 Å². The normalized spacial score (nSPS) is 11.4. The summed E-state index contributed by atoms with van der Waals surface area (Å²) in [6.07, 6.45) is 2.93. The Kier molecular flexibility index (Phi) is 6.64. The molecule has 1 amide bonds. The number of halogens is 2. The van der Waals surface area contributed by atoms with Crippen LogP contribution in [-0.2, 0) is 16.6 Å². The number of sulfonamides is 1. The van der Waals surface area contributed by atoms with E-state index in [1.807, 2.05) is 12.1 Å². The summed E-state index contributed by atoms with van der Waals surface area (Å²) in [7, 11) is -2.41. The molecule has 1 heterocycles. The lowest BCUT2D eigenvalue weighted by atomic mass is 10.1. The van der Waals surface area contributed by atoms with Crippen molar-refractivity contribution in [1.82, 2.24) is 14.9 Å². The van der Waals surface area contributed by atoms with E-state index in [2.05, 4.69) is 30.6 Å². The van der Waals surface area contributed by atoms with Crippen molar-refractivity contribution in [3.8, 4) is 0 Å². The Labute approximate surface area is 204 Å². The maximum atomic E-state index is 13.3. The zero-order valence-corrected chi connectivity index (χ0v) is 20.5. The van der Waals surface area contributed by atoms with Gasteiger partial charge in [-0.05, 0) is 48.0 Å². The van der Waals surface area contributed by atoms with Gasteiger partial charge < -0.3 is 4.90 Å². The van der Waals surface area contributed by atoms with E-state index in [1.54, 1.807) is 49.5 Å². The number of rotatable bonds is 6. The van der Waals surface area contributed by atoms with Crippen molar-refractivity contribution in [3.05, 3.63) is 93.7 Å². The highest BCUT2D eigenvalue weighted by Crippen LogP contribution is 2.28. The molecule has 3 aromatic carbocycles. The highest BCUT2D eigenvalue weighted by atomic mass is 79.9. The highest BCUT2D eigenvalue weighted by molar-refractivity contribution is 9.10. The van der Waals surface area contributed by atoms with Gasteiger partial charge in [0.2, 0.25) is 0 Å². The Hall–Kier alpha value is -3.01. The highest BCUT2D eigenvalue weighted by Gasteiger charge is 2.23. The van der Waals surface area contributed by atoms with Gasteiger partial charge in [0.05, 0.1) is 16.8 Å². The first-order valence-corrected chi connectivity index (χ1v) is 12.4. The standard InChI is InChI=1S/C23H18BrClN4O3S/c1-29(14-15-5-8-17(25)9-6-15)23(30)18-10-7-16(24)13-20(18)28-33(31,32)21-4-2-3-19-22(21)27-12-11-26-19/h2-13,28H,14H2,1H3. The van der Waals surface area contributed by atoms with Gasteiger partial charge in [-0.15, -0.1) is 0 Å². The van der Waals surface area contributed by atoms with Gasteiger partial charge in [0.1, 0.15) is 10.4 Å². The predicted molar refractivity (Wildman–Crippen MR) is 132 cm³/mol. The molecule has 0 aliphatic rings. The minimum absolute atomic E-state index is 0.0269. The Morgan fingerprint density at radius 2 is 1.79 bits per heavy atom. The molecule has 4 rings (SSSR count). The lowest BCUT2D eigenvalue weighted by Crippen LogP contribution is -2.27. The molecule has 0 aliphatic carbocycles. The monoisotopic (exact) mass is 544 g/mol. The molecule has 0 atom stereocenters. The number of aromatic nitrogens is 2. The van der Waals surface area contributed by atoms with Gasteiger partial charge in [0.15, 0.2) is 0 Å². The van der Waals surface area contributed by atoms with E-state index in [0.717, 1.165) is 5.56 Å². The number of hydrogen-bond donors (Lipinski definition) is 1. The second kappa shape index (κ2) is 9.46. The molecular weight excluding hydrogens is 528 g/mol. The van der Waals surface area contributed by atoms with Crippen LogP contribution in [0.4, 0.5) is 5.69 Å². The van der Waals surface area contributed by atoms with Crippen molar-refractivity contribution < 1.29 is 13.2 Å². The fourth-order valence-corrected chi connectivity index (χ4v) is 5.04. The molecule has 0 saturated carbocycles. The summed E-state index contributed by atoms with van der Waals surface area (Å²) in [4.78, 5) is 23.0. The first-order chi connectivity index (χ1) is 15.7. The van der Waals surface area contributed by atoms with Crippen LogP contribution >= 0.6 is 27.5 Å². The lowest BCUT2D eigenvalue weighted by Gasteiger charge is -2.20. The summed E-state index contributed by atoms with van der Waals surface area (Å²) in [5, 5.41) is 0.607. The van der Waals surface area contributed by atoms with E-state index < -0.39 is 10.0 Å². The third-order valence-electron chi connectivity index (χ3n) is 4.89. The number of nitrogens with zero attached hydrogens (tertiary/aromatic N) is 3.